The minimum absolute atomic E-state index is 0.243. The summed E-state index contributed by atoms with van der Waals surface area (Å²) in [6.45, 7) is 4.64. The number of hydrazone groups is 1. The minimum atomic E-state index is 0.243. The normalized spacial score (nSPS) is 29.9. The summed E-state index contributed by atoms with van der Waals surface area (Å²) in [5, 5.41) is 4.57. The van der Waals surface area contributed by atoms with Gasteiger partial charge in [-0.25, -0.2) is 0 Å². The molecule has 0 saturated heterocycles. The summed E-state index contributed by atoms with van der Waals surface area (Å²) in [6.07, 6.45) is 8.60. The number of nitrogens with one attached hydrogen (secondary N) is 1. The molecule has 0 bridgehead atoms. The second kappa shape index (κ2) is 5.83. The first-order chi connectivity index (χ1) is 8.58. The summed E-state index contributed by atoms with van der Waals surface area (Å²) >= 11 is 4.80. The van der Waals surface area contributed by atoms with Crippen LogP contribution in [0.2, 0.25) is 0 Å². The molecule has 3 N–H and O–H groups in total. The fourth-order valence-electron chi connectivity index (χ4n) is 3.29. The van der Waals surface area contributed by atoms with Crippen LogP contribution in [0.3, 0.4) is 0 Å². The Kier molecular flexibility index (Phi) is 4.38. The van der Waals surface area contributed by atoms with Crippen LogP contribution in [-0.2, 0) is 0 Å². The fraction of sp³-hybridized carbons (Fsp3) is 0.714. The molecule has 0 radical (unpaired) electrons. The van der Waals surface area contributed by atoms with E-state index >= 15 is 0 Å². The van der Waals surface area contributed by atoms with Gasteiger partial charge in [0.15, 0.2) is 5.11 Å². The number of rotatable bonds is 2. The van der Waals surface area contributed by atoms with Crippen molar-refractivity contribution >= 4 is 23.0 Å². The fourth-order valence-corrected chi connectivity index (χ4v) is 3.34. The van der Waals surface area contributed by atoms with Crippen molar-refractivity contribution in [1.82, 2.24) is 5.43 Å². The quantitative estimate of drug-likeness (QED) is 0.596. The van der Waals surface area contributed by atoms with Gasteiger partial charge in [0.25, 0.3) is 0 Å². The van der Waals surface area contributed by atoms with E-state index in [0.29, 0.717) is 5.92 Å². The zero-order valence-corrected chi connectivity index (χ0v) is 12.1. The highest BCUT2D eigenvalue weighted by molar-refractivity contribution is 7.80. The second-order valence-electron chi connectivity index (χ2n) is 5.76. The third-order valence-corrected chi connectivity index (χ3v) is 4.28. The molecule has 0 heterocycles. The van der Waals surface area contributed by atoms with Gasteiger partial charge in [0.05, 0.1) is 5.71 Å². The summed E-state index contributed by atoms with van der Waals surface area (Å²) in [5.41, 5.74) is 10.8. The highest BCUT2D eigenvalue weighted by atomic mass is 32.1. The number of fused-ring (bicyclic) bond motifs is 1. The van der Waals surface area contributed by atoms with Crippen molar-refractivity contribution in [2.45, 2.75) is 46.0 Å². The van der Waals surface area contributed by atoms with Gasteiger partial charge in [-0.05, 0) is 61.7 Å². The molecule has 0 amide bonds. The average Bonchev–Trinajstić information content (AvgIpc) is 2.35. The Balaban J connectivity index is 2.20. The topological polar surface area (TPSA) is 50.4 Å². The van der Waals surface area contributed by atoms with Crippen LogP contribution in [-0.4, -0.2) is 10.8 Å². The van der Waals surface area contributed by atoms with E-state index in [1.807, 2.05) is 0 Å². The van der Waals surface area contributed by atoms with Crippen LogP contribution in [0.1, 0.15) is 46.0 Å². The predicted octanol–water partition coefficient (Wildman–Crippen LogP) is 2.97. The zero-order valence-electron chi connectivity index (χ0n) is 11.3. The van der Waals surface area contributed by atoms with E-state index in [-0.39, 0.29) is 5.11 Å². The molecule has 0 aromatic heterocycles. The van der Waals surface area contributed by atoms with Crippen LogP contribution < -0.4 is 11.2 Å². The molecule has 18 heavy (non-hydrogen) atoms. The molecule has 2 unspecified atom stereocenters. The Labute approximate surface area is 115 Å². The van der Waals surface area contributed by atoms with E-state index in [0.717, 1.165) is 24.0 Å². The third kappa shape index (κ3) is 3.10. The van der Waals surface area contributed by atoms with Gasteiger partial charge in [0.2, 0.25) is 0 Å². The highest BCUT2D eigenvalue weighted by Crippen LogP contribution is 2.42. The maximum absolute atomic E-state index is 5.43. The molecule has 2 atom stereocenters. The van der Waals surface area contributed by atoms with E-state index < -0.39 is 0 Å². The Morgan fingerprint density at radius 1 is 1.50 bits per heavy atom. The smallest absolute Gasteiger partial charge is 0.184 e. The first-order valence-corrected chi connectivity index (χ1v) is 7.31. The largest absolute Gasteiger partial charge is 0.375 e. The molecule has 100 valence electrons. The average molecular weight is 265 g/mol. The molecule has 0 aromatic carbocycles. The van der Waals surface area contributed by atoms with Crippen LogP contribution in [0.25, 0.3) is 0 Å². The third-order valence-electron chi connectivity index (χ3n) is 4.19. The maximum Gasteiger partial charge on any atom is 0.184 e. The predicted molar refractivity (Wildman–Crippen MR) is 80.3 cm³/mol. The lowest BCUT2D eigenvalue weighted by Gasteiger charge is -2.38. The molecule has 2 aliphatic carbocycles. The standard InChI is InChI=1S/C14H23N3S/c1-9(2)13-8-11(16-17-14(15)18)7-10-5-3-4-6-12(10)13/h7,9,12-13H,3-6,8H2,1-2H3,(H3,15,17,18)/b16-11-. The lowest BCUT2D eigenvalue weighted by Crippen LogP contribution is -2.32. The zero-order chi connectivity index (χ0) is 13.1. The van der Waals surface area contributed by atoms with Crippen molar-refractivity contribution in [2.24, 2.45) is 28.6 Å². The first-order valence-electron chi connectivity index (χ1n) is 6.90. The Bertz CT molecular complexity index is 385. The molecule has 2 rings (SSSR count). The van der Waals surface area contributed by atoms with Crippen molar-refractivity contribution in [1.29, 1.82) is 0 Å². The Hall–Kier alpha value is -0.900. The maximum atomic E-state index is 5.43. The van der Waals surface area contributed by atoms with Gasteiger partial charge in [-0.3, -0.25) is 5.43 Å². The van der Waals surface area contributed by atoms with Gasteiger partial charge in [0.1, 0.15) is 0 Å². The molecule has 1 saturated carbocycles. The van der Waals surface area contributed by atoms with Crippen LogP contribution in [0.15, 0.2) is 16.8 Å². The summed E-state index contributed by atoms with van der Waals surface area (Å²) in [5.74, 6) is 2.20. The summed E-state index contributed by atoms with van der Waals surface area (Å²) in [4.78, 5) is 0. The van der Waals surface area contributed by atoms with Crippen LogP contribution in [0.4, 0.5) is 0 Å². The number of hydrogen-bond acceptors (Lipinski definition) is 2. The molecule has 0 spiro atoms. The van der Waals surface area contributed by atoms with Crippen LogP contribution in [0.5, 0.6) is 0 Å². The summed E-state index contributed by atoms with van der Waals surface area (Å²) < 4.78 is 0. The van der Waals surface area contributed by atoms with Gasteiger partial charge >= 0.3 is 0 Å². The second-order valence-corrected chi connectivity index (χ2v) is 6.20. The molecule has 0 aliphatic heterocycles. The number of thiocarbonyl (C=S) groups is 1. The van der Waals surface area contributed by atoms with E-state index in [2.05, 4.69) is 30.5 Å². The number of nitrogens with zero attached hydrogens (tertiary/aromatic N) is 1. The van der Waals surface area contributed by atoms with Crippen molar-refractivity contribution in [3.05, 3.63) is 11.6 Å². The van der Waals surface area contributed by atoms with Crippen LogP contribution >= 0.6 is 12.2 Å². The van der Waals surface area contributed by atoms with Gasteiger partial charge in [0, 0.05) is 0 Å². The number of nitrogens with two attached hydrogens (primary N) is 1. The number of allylic oxidation sites excluding steroid dienone is 2. The van der Waals surface area contributed by atoms with Gasteiger partial charge in [-0.1, -0.05) is 25.8 Å². The molecule has 2 aliphatic rings. The van der Waals surface area contributed by atoms with E-state index in [9.17, 15) is 0 Å². The highest BCUT2D eigenvalue weighted by Gasteiger charge is 2.33. The molecule has 3 nitrogen and oxygen atoms in total. The molecular formula is C14H23N3S. The van der Waals surface area contributed by atoms with Crippen LogP contribution in [0, 0.1) is 17.8 Å². The van der Waals surface area contributed by atoms with Crippen molar-refractivity contribution in [3.63, 3.8) is 0 Å². The minimum Gasteiger partial charge on any atom is -0.375 e. The summed E-state index contributed by atoms with van der Waals surface area (Å²) in [7, 11) is 0. The van der Waals surface area contributed by atoms with E-state index in [1.54, 1.807) is 5.57 Å². The molecule has 4 heteroatoms. The molecule has 1 fully saturated rings. The number of hydrogen-bond donors (Lipinski definition) is 2. The summed E-state index contributed by atoms with van der Waals surface area (Å²) in [6, 6.07) is 0. The van der Waals surface area contributed by atoms with E-state index in [4.69, 9.17) is 18.0 Å². The van der Waals surface area contributed by atoms with Gasteiger partial charge in [-0.2, -0.15) is 5.10 Å². The molecule has 0 aromatic rings. The Morgan fingerprint density at radius 3 is 2.94 bits per heavy atom. The van der Waals surface area contributed by atoms with E-state index in [1.165, 1.54) is 25.7 Å². The Morgan fingerprint density at radius 2 is 2.28 bits per heavy atom. The first kappa shape index (κ1) is 13.5. The van der Waals surface area contributed by atoms with Crippen molar-refractivity contribution < 1.29 is 0 Å². The SMILES string of the molecule is CC(C)C1C/C(=N\NC(N)=S)C=C2CCCCC21. The lowest BCUT2D eigenvalue weighted by atomic mass is 9.67. The van der Waals surface area contributed by atoms with Gasteiger partial charge in [-0.15, -0.1) is 0 Å². The van der Waals surface area contributed by atoms with Crippen molar-refractivity contribution in [3.8, 4) is 0 Å². The lowest BCUT2D eigenvalue weighted by molar-refractivity contribution is 0.249. The monoisotopic (exact) mass is 265 g/mol. The molecular weight excluding hydrogens is 242 g/mol. The van der Waals surface area contributed by atoms with Crippen molar-refractivity contribution in [2.75, 3.05) is 0 Å². The van der Waals surface area contributed by atoms with Gasteiger partial charge < -0.3 is 5.73 Å².